The number of aromatic nitrogens is 3. The molecule has 0 fully saturated rings. The predicted octanol–water partition coefficient (Wildman–Crippen LogP) is 5.65. The van der Waals surface area contributed by atoms with Gasteiger partial charge >= 0.3 is 0 Å². The summed E-state index contributed by atoms with van der Waals surface area (Å²) in [6, 6.07) is 0. The van der Waals surface area contributed by atoms with Crippen LogP contribution in [-0.2, 0) is 15.7 Å². The molecule has 1 aromatic heterocycles. The van der Waals surface area contributed by atoms with E-state index in [-0.39, 0.29) is 27.7 Å². The minimum atomic E-state index is -0.710. The average Bonchev–Trinajstić information content (AvgIpc) is 3.10. The Hall–Kier alpha value is -1.83. The zero-order valence-corrected chi connectivity index (χ0v) is 22.8. The smallest absolute Gasteiger partial charge is 0.230 e. The van der Waals surface area contributed by atoms with Gasteiger partial charge in [-0.3, -0.25) is 4.79 Å². The second-order valence-corrected chi connectivity index (χ2v) is 12.5. The predicted molar refractivity (Wildman–Crippen MR) is 130 cm³/mol. The van der Waals surface area contributed by atoms with E-state index in [0.29, 0.717) is 0 Å². The van der Waals surface area contributed by atoms with Gasteiger partial charge in [-0.25, -0.2) is 4.68 Å². The molecule has 1 heterocycles. The van der Waals surface area contributed by atoms with Crippen LogP contribution in [0.4, 0.5) is 0 Å². The molecular formula is C26H46N4O. The van der Waals surface area contributed by atoms with E-state index in [1.807, 2.05) is 43.6 Å². The lowest BCUT2D eigenvalue weighted by molar-refractivity contribution is -0.154. The molecule has 0 bridgehead atoms. The minimum absolute atomic E-state index is 0.0615. The molecule has 0 aliphatic heterocycles. The number of carbonyl (C=O) groups excluding carboxylic acids is 1. The maximum Gasteiger partial charge on any atom is 0.230 e. The van der Waals surface area contributed by atoms with Crippen molar-refractivity contribution in [3.05, 3.63) is 11.9 Å². The number of hydrogen-bond acceptors (Lipinski definition) is 3. The first kappa shape index (κ1) is 27.2. The molecule has 0 aromatic carbocycles. The summed E-state index contributed by atoms with van der Waals surface area (Å²) >= 11 is 0. The van der Waals surface area contributed by atoms with Crippen LogP contribution in [0.5, 0.6) is 0 Å². The summed E-state index contributed by atoms with van der Waals surface area (Å²) in [4.78, 5) is 15.7. The Kier molecular flexibility index (Phi) is 6.97. The summed E-state index contributed by atoms with van der Waals surface area (Å²) in [6.45, 7) is 29.3. The van der Waals surface area contributed by atoms with Crippen LogP contribution in [0.15, 0.2) is 6.20 Å². The van der Waals surface area contributed by atoms with Crippen molar-refractivity contribution in [3.8, 4) is 11.8 Å². The molecule has 0 saturated carbocycles. The summed E-state index contributed by atoms with van der Waals surface area (Å²) in [7, 11) is 1.91. The molecule has 5 heteroatoms. The number of carbonyl (C=O) groups is 1. The van der Waals surface area contributed by atoms with Gasteiger partial charge in [-0.2, -0.15) is 0 Å². The van der Waals surface area contributed by atoms with Gasteiger partial charge in [-0.15, -0.1) is 11.0 Å². The highest BCUT2D eigenvalue weighted by Crippen LogP contribution is 2.44. The van der Waals surface area contributed by atoms with Crippen LogP contribution in [0.1, 0.15) is 103 Å². The maximum atomic E-state index is 13.8. The molecule has 1 aromatic rings. The van der Waals surface area contributed by atoms with Crippen molar-refractivity contribution in [3.63, 3.8) is 0 Å². The molecule has 0 aliphatic carbocycles. The van der Waals surface area contributed by atoms with E-state index < -0.39 is 11.0 Å². The molecule has 31 heavy (non-hydrogen) atoms. The SMILES string of the molecule is CC#CC(C)(C)C(C)(C)c1cn(C(C)(C)C(C)(C)C(=O)N(C)C(C)(C)C(C)(C)C)nn1. The molecular weight excluding hydrogens is 384 g/mol. The highest BCUT2D eigenvalue weighted by atomic mass is 16.2. The van der Waals surface area contributed by atoms with E-state index in [1.54, 1.807) is 0 Å². The number of amides is 1. The van der Waals surface area contributed by atoms with Crippen LogP contribution >= 0.6 is 0 Å². The van der Waals surface area contributed by atoms with Crippen LogP contribution in [0.2, 0.25) is 0 Å². The van der Waals surface area contributed by atoms with Crippen molar-refractivity contribution in [1.82, 2.24) is 19.9 Å². The Labute approximate surface area is 191 Å². The zero-order valence-electron chi connectivity index (χ0n) is 22.8. The maximum absolute atomic E-state index is 13.8. The molecule has 176 valence electrons. The van der Waals surface area contributed by atoms with Crippen molar-refractivity contribution in [1.29, 1.82) is 0 Å². The van der Waals surface area contributed by atoms with Crippen molar-refractivity contribution < 1.29 is 4.79 Å². The van der Waals surface area contributed by atoms with Crippen LogP contribution in [0, 0.1) is 28.1 Å². The summed E-state index contributed by atoms with van der Waals surface area (Å²) < 4.78 is 1.86. The van der Waals surface area contributed by atoms with E-state index >= 15 is 0 Å². The largest absolute Gasteiger partial charge is 0.340 e. The standard InChI is InChI=1S/C26H46N4O/c1-16-17-22(5,6)23(7,8)19-18-30(28-27-19)26(13,14)24(9,10)20(31)29(15)25(11,12)21(2,3)4/h18H,1-15H3. The zero-order chi connectivity index (χ0) is 24.8. The van der Waals surface area contributed by atoms with Gasteiger partial charge in [0.25, 0.3) is 0 Å². The summed E-state index contributed by atoms with van der Waals surface area (Å²) in [5.74, 6) is 6.45. The molecule has 0 radical (unpaired) electrons. The first-order valence-electron chi connectivity index (χ1n) is 11.2. The van der Waals surface area contributed by atoms with Crippen molar-refractivity contribution in [2.24, 2.45) is 16.2 Å². The monoisotopic (exact) mass is 430 g/mol. The second kappa shape index (κ2) is 7.94. The fraction of sp³-hybridized carbons (Fsp3) is 0.808. The molecule has 0 atom stereocenters. The third-order valence-electron chi connectivity index (χ3n) is 8.75. The van der Waals surface area contributed by atoms with E-state index in [0.717, 1.165) is 5.69 Å². The van der Waals surface area contributed by atoms with Crippen molar-refractivity contribution in [2.45, 2.75) is 113 Å². The van der Waals surface area contributed by atoms with Gasteiger partial charge in [0.2, 0.25) is 5.91 Å². The highest BCUT2D eigenvalue weighted by Gasteiger charge is 2.51. The molecule has 0 saturated heterocycles. The van der Waals surface area contributed by atoms with Crippen LogP contribution in [-0.4, -0.2) is 38.4 Å². The van der Waals surface area contributed by atoms with Gasteiger partial charge in [0.05, 0.1) is 16.6 Å². The Morgan fingerprint density at radius 3 is 1.84 bits per heavy atom. The Morgan fingerprint density at radius 1 is 0.935 bits per heavy atom. The molecule has 1 rings (SSSR count). The van der Waals surface area contributed by atoms with E-state index in [4.69, 9.17) is 0 Å². The molecule has 5 nitrogen and oxygen atoms in total. The van der Waals surface area contributed by atoms with E-state index in [1.165, 1.54) is 0 Å². The summed E-state index contributed by atoms with van der Waals surface area (Å²) in [5, 5.41) is 9.02. The summed E-state index contributed by atoms with van der Waals surface area (Å²) in [6.07, 6.45) is 1.99. The topological polar surface area (TPSA) is 51.0 Å². The van der Waals surface area contributed by atoms with Gasteiger partial charge in [0, 0.05) is 29.6 Å². The first-order valence-corrected chi connectivity index (χ1v) is 11.2. The fourth-order valence-electron chi connectivity index (χ4n) is 3.34. The van der Waals surface area contributed by atoms with E-state index in [2.05, 4.69) is 98.3 Å². The Balaban J connectivity index is 3.41. The third kappa shape index (κ3) is 4.41. The number of hydrogen-bond donors (Lipinski definition) is 0. The molecule has 0 aliphatic rings. The van der Waals surface area contributed by atoms with Crippen LogP contribution in [0.25, 0.3) is 0 Å². The van der Waals surface area contributed by atoms with Crippen molar-refractivity contribution in [2.75, 3.05) is 7.05 Å². The highest BCUT2D eigenvalue weighted by molar-refractivity contribution is 5.83. The lowest BCUT2D eigenvalue weighted by Gasteiger charge is -2.50. The van der Waals surface area contributed by atoms with Gasteiger partial charge in [-0.05, 0) is 67.7 Å². The lowest BCUT2D eigenvalue weighted by Crippen LogP contribution is -2.60. The fourth-order valence-corrected chi connectivity index (χ4v) is 3.34. The molecule has 0 N–H and O–H groups in total. The van der Waals surface area contributed by atoms with Gasteiger partial charge < -0.3 is 4.90 Å². The van der Waals surface area contributed by atoms with Gasteiger partial charge in [0.1, 0.15) is 0 Å². The minimum Gasteiger partial charge on any atom is -0.340 e. The Morgan fingerprint density at radius 2 is 1.42 bits per heavy atom. The number of rotatable bonds is 6. The second-order valence-electron chi connectivity index (χ2n) is 12.5. The van der Waals surface area contributed by atoms with E-state index in [9.17, 15) is 4.79 Å². The average molecular weight is 431 g/mol. The van der Waals surface area contributed by atoms with Crippen molar-refractivity contribution >= 4 is 5.91 Å². The third-order valence-corrected chi connectivity index (χ3v) is 8.75. The normalized spacial score (nSPS) is 14.2. The van der Waals surface area contributed by atoms with Crippen LogP contribution in [0.3, 0.4) is 0 Å². The summed E-state index contributed by atoms with van der Waals surface area (Å²) in [5.41, 5.74) is -1.37. The number of nitrogens with zero attached hydrogens (tertiary/aromatic N) is 4. The van der Waals surface area contributed by atoms with Gasteiger partial charge in [0.15, 0.2) is 0 Å². The van der Waals surface area contributed by atoms with Gasteiger partial charge in [-0.1, -0.05) is 45.8 Å². The first-order chi connectivity index (χ1) is 13.6. The molecule has 0 unspecified atom stereocenters. The molecule has 0 spiro atoms. The molecule has 1 amide bonds. The Bertz CT molecular complexity index is 867. The van der Waals surface area contributed by atoms with Crippen LogP contribution < -0.4 is 0 Å². The lowest BCUT2D eigenvalue weighted by atomic mass is 9.66. The quantitative estimate of drug-likeness (QED) is 0.548.